The van der Waals surface area contributed by atoms with Gasteiger partial charge in [0.2, 0.25) is 0 Å². The van der Waals surface area contributed by atoms with Crippen molar-refractivity contribution in [3.8, 4) is 17.2 Å². The third kappa shape index (κ3) is 6.20. The number of carbonyl (C=O) groups is 2. The number of carboxylic acids is 1. The summed E-state index contributed by atoms with van der Waals surface area (Å²) in [6, 6.07) is 14.0. The number of ether oxygens (including phenoxy) is 2. The molecular weight excluding hydrogens is 527 g/mol. The molecule has 3 aromatic carbocycles. The molecule has 0 aromatic heterocycles. The van der Waals surface area contributed by atoms with E-state index in [-0.39, 0.29) is 23.9 Å². The standard InChI is InChI=1S/C27H23ClF3NO6/c1-36-32(12-10-16-2-6-18(7-3-16)27(29,30)31)25(33)17-4-8-19(9-5-17)38-24-15-23-21(14-22(24)28)20(26(34)35)11-13-37-23/h2-9,14-15,20H,10-13H2,1H3,(H,34,35). The maximum Gasteiger partial charge on any atom is 0.416 e. The summed E-state index contributed by atoms with van der Waals surface area (Å²) >= 11 is 6.33. The summed E-state index contributed by atoms with van der Waals surface area (Å²) in [7, 11) is 1.33. The van der Waals surface area contributed by atoms with Gasteiger partial charge in [0.15, 0.2) is 0 Å². The van der Waals surface area contributed by atoms with Crippen LogP contribution in [0.15, 0.2) is 60.7 Å². The third-order valence-electron chi connectivity index (χ3n) is 6.06. The normalized spacial score (nSPS) is 14.8. The van der Waals surface area contributed by atoms with Crippen molar-refractivity contribution in [2.75, 3.05) is 20.3 Å². The predicted octanol–water partition coefficient (Wildman–Crippen LogP) is 6.35. The van der Waals surface area contributed by atoms with Gasteiger partial charge < -0.3 is 14.6 Å². The number of benzene rings is 3. The van der Waals surface area contributed by atoms with Crippen molar-refractivity contribution in [3.63, 3.8) is 0 Å². The summed E-state index contributed by atoms with van der Waals surface area (Å²) in [4.78, 5) is 29.6. The number of amides is 1. The Kier molecular flexibility index (Phi) is 8.13. The van der Waals surface area contributed by atoms with E-state index in [0.717, 1.165) is 17.2 Å². The number of nitrogens with zero attached hydrogens (tertiary/aromatic N) is 1. The second kappa shape index (κ2) is 11.3. The molecule has 3 aromatic rings. The first-order chi connectivity index (χ1) is 18.1. The van der Waals surface area contributed by atoms with Crippen LogP contribution in [-0.2, 0) is 22.2 Å². The minimum absolute atomic E-state index is 0.126. The summed E-state index contributed by atoms with van der Waals surface area (Å²) in [5.74, 6) is -1.07. The van der Waals surface area contributed by atoms with E-state index in [0.29, 0.717) is 41.0 Å². The Bertz CT molecular complexity index is 1310. The molecule has 0 aliphatic carbocycles. The highest BCUT2D eigenvalue weighted by Gasteiger charge is 2.30. The van der Waals surface area contributed by atoms with Crippen LogP contribution < -0.4 is 9.47 Å². The maximum atomic E-state index is 12.9. The largest absolute Gasteiger partial charge is 0.493 e. The van der Waals surface area contributed by atoms with Crippen molar-refractivity contribution in [2.24, 2.45) is 0 Å². The average molecular weight is 550 g/mol. The molecule has 1 amide bonds. The van der Waals surface area contributed by atoms with Gasteiger partial charge >= 0.3 is 12.1 Å². The van der Waals surface area contributed by atoms with Crippen LogP contribution in [0.25, 0.3) is 0 Å². The van der Waals surface area contributed by atoms with Crippen molar-refractivity contribution < 1.29 is 42.2 Å². The SMILES string of the molecule is CON(CCc1ccc(C(F)(F)F)cc1)C(=O)c1ccc(Oc2cc3c(cc2Cl)C(C(=O)O)CCO3)cc1. The van der Waals surface area contributed by atoms with E-state index < -0.39 is 29.5 Å². The molecule has 1 atom stereocenters. The molecule has 4 rings (SSSR count). The molecule has 200 valence electrons. The second-order valence-corrected chi connectivity index (χ2v) is 8.92. The molecule has 11 heteroatoms. The molecule has 38 heavy (non-hydrogen) atoms. The van der Waals surface area contributed by atoms with Gasteiger partial charge in [-0.3, -0.25) is 14.4 Å². The van der Waals surface area contributed by atoms with Gasteiger partial charge in [0, 0.05) is 17.2 Å². The number of hydrogen-bond acceptors (Lipinski definition) is 5. The van der Waals surface area contributed by atoms with Gasteiger partial charge in [-0.2, -0.15) is 13.2 Å². The molecular formula is C27H23ClF3NO6. The number of hydrogen-bond donors (Lipinski definition) is 1. The average Bonchev–Trinajstić information content (AvgIpc) is 2.89. The second-order valence-electron chi connectivity index (χ2n) is 8.51. The van der Waals surface area contributed by atoms with Crippen LogP contribution in [-0.4, -0.2) is 42.3 Å². The van der Waals surface area contributed by atoms with Gasteiger partial charge in [-0.05, 0) is 60.9 Å². The van der Waals surface area contributed by atoms with Gasteiger partial charge in [0.25, 0.3) is 5.91 Å². The number of carboxylic acid groups (broad SMARTS) is 1. The fourth-order valence-electron chi connectivity index (χ4n) is 4.03. The monoisotopic (exact) mass is 549 g/mol. The summed E-state index contributed by atoms with van der Waals surface area (Å²) in [6.07, 6.45) is -3.77. The molecule has 0 spiro atoms. The molecule has 0 saturated carbocycles. The summed E-state index contributed by atoms with van der Waals surface area (Å²) in [5.41, 5.74) is 0.669. The quantitative estimate of drug-likeness (QED) is 0.330. The lowest BCUT2D eigenvalue weighted by molar-refractivity contribution is -0.139. The first kappa shape index (κ1) is 27.3. The fourth-order valence-corrected chi connectivity index (χ4v) is 4.24. The van der Waals surface area contributed by atoms with E-state index in [1.807, 2.05) is 0 Å². The Morgan fingerprint density at radius 1 is 1.11 bits per heavy atom. The zero-order valence-electron chi connectivity index (χ0n) is 20.1. The Morgan fingerprint density at radius 2 is 1.79 bits per heavy atom. The first-order valence-electron chi connectivity index (χ1n) is 11.6. The number of halogens is 4. The molecule has 1 aliphatic rings. The lowest BCUT2D eigenvalue weighted by Crippen LogP contribution is -2.31. The topological polar surface area (TPSA) is 85.3 Å². The van der Waals surface area contributed by atoms with Crippen molar-refractivity contribution in [3.05, 3.63) is 87.9 Å². The lowest BCUT2D eigenvalue weighted by atomic mass is 9.93. The summed E-state index contributed by atoms with van der Waals surface area (Å²) in [5, 5.41) is 10.8. The van der Waals surface area contributed by atoms with E-state index in [2.05, 4.69) is 0 Å². The fraction of sp³-hybridized carbons (Fsp3) is 0.259. The minimum Gasteiger partial charge on any atom is -0.493 e. The highest BCUT2D eigenvalue weighted by Crippen LogP contribution is 2.42. The zero-order valence-corrected chi connectivity index (χ0v) is 20.9. The number of rotatable bonds is 8. The molecule has 1 N–H and O–H groups in total. The molecule has 1 aliphatic heterocycles. The van der Waals surface area contributed by atoms with Crippen LogP contribution in [0, 0.1) is 0 Å². The van der Waals surface area contributed by atoms with Crippen LogP contribution >= 0.6 is 11.6 Å². The molecule has 0 saturated heterocycles. The van der Waals surface area contributed by atoms with E-state index in [4.69, 9.17) is 25.9 Å². The van der Waals surface area contributed by atoms with Gasteiger partial charge in [-0.25, -0.2) is 5.06 Å². The summed E-state index contributed by atoms with van der Waals surface area (Å²) < 4.78 is 49.7. The van der Waals surface area contributed by atoms with Gasteiger partial charge in [-0.15, -0.1) is 0 Å². The van der Waals surface area contributed by atoms with Gasteiger partial charge in [0.05, 0.1) is 36.8 Å². The Morgan fingerprint density at radius 3 is 2.39 bits per heavy atom. The summed E-state index contributed by atoms with van der Waals surface area (Å²) in [6.45, 7) is 0.387. The molecule has 1 heterocycles. The lowest BCUT2D eigenvalue weighted by Gasteiger charge is -2.24. The Hall–Kier alpha value is -3.76. The molecule has 1 unspecified atom stereocenters. The van der Waals surface area contributed by atoms with Gasteiger partial charge in [0.1, 0.15) is 17.2 Å². The van der Waals surface area contributed by atoms with Crippen LogP contribution in [0.4, 0.5) is 13.2 Å². The molecule has 7 nitrogen and oxygen atoms in total. The van der Waals surface area contributed by atoms with Crippen LogP contribution in [0.5, 0.6) is 17.2 Å². The minimum atomic E-state index is -4.41. The van der Waals surface area contributed by atoms with Crippen molar-refractivity contribution in [2.45, 2.75) is 24.9 Å². The molecule has 0 radical (unpaired) electrons. The van der Waals surface area contributed by atoms with Crippen LogP contribution in [0.1, 0.15) is 39.4 Å². The molecule has 0 bridgehead atoms. The number of fused-ring (bicyclic) bond motifs is 1. The smallest absolute Gasteiger partial charge is 0.416 e. The predicted molar refractivity (Wildman–Crippen MR) is 132 cm³/mol. The van der Waals surface area contributed by atoms with Gasteiger partial charge in [-0.1, -0.05) is 23.7 Å². The Labute approximate surface area is 221 Å². The van der Waals surface area contributed by atoms with E-state index >= 15 is 0 Å². The van der Waals surface area contributed by atoms with E-state index in [1.165, 1.54) is 37.4 Å². The first-order valence-corrected chi connectivity index (χ1v) is 11.9. The number of hydroxylamine groups is 2. The highest BCUT2D eigenvalue weighted by atomic mass is 35.5. The van der Waals surface area contributed by atoms with Crippen LogP contribution in [0.3, 0.4) is 0 Å². The Balaban J connectivity index is 1.40. The van der Waals surface area contributed by atoms with E-state index in [9.17, 15) is 27.9 Å². The van der Waals surface area contributed by atoms with Crippen LogP contribution in [0.2, 0.25) is 5.02 Å². The number of aliphatic carboxylic acids is 1. The number of alkyl halides is 3. The van der Waals surface area contributed by atoms with Crippen molar-refractivity contribution >= 4 is 23.5 Å². The molecule has 0 fully saturated rings. The number of carbonyl (C=O) groups excluding carboxylic acids is 1. The van der Waals surface area contributed by atoms with Crippen molar-refractivity contribution in [1.29, 1.82) is 0 Å². The van der Waals surface area contributed by atoms with E-state index in [1.54, 1.807) is 18.2 Å². The third-order valence-corrected chi connectivity index (χ3v) is 6.36. The highest BCUT2D eigenvalue weighted by molar-refractivity contribution is 6.32. The zero-order chi connectivity index (χ0) is 27.4. The van der Waals surface area contributed by atoms with Crippen molar-refractivity contribution in [1.82, 2.24) is 5.06 Å². The maximum absolute atomic E-state index is 12.9.